The summed E-state index contributed by atoms with van der Waals surface area (Å²) in [6.45, 7) is 6.94. The van der Waals surface area contributed by atoms with E-state index in [4.69, 9.17) is 0 Å². The van der Waals surface area contributed by atoms with E-state index in [1.807, 2.05) is 37.7 Å². The summed E-state index contributed by atoms with van der Waals surface area (Å²) in [5.74, 6) is 0.565. The van der Waals surface area contributed by atoms with Crippen molar-refractivity contribution in [2.45, 2.75) is 53.0 Å². The molecule has 5 rings (SSSR count). The van der Waals surface area contributed by atoms with Crippen molar-refractivity contribution in [2.75, 3.05) is 6.54 Å². The second-order valence-electron chi connectivity index (χ2n) is 9.39. The number of alkyl halides is 3. The average Bonchev–Trinajstić information content (AvgIpc) is 3.54. The molecule has 11 heteroatoms. The van der Waals surface area contributed by atoms with E-state index in [0.29, 0.717) is 49.3 Å². The van der Waals surface area contributed by atoms with E-state index in [1.165, 1.54) is 10.9 Å². The lowest BCUT2D eigenvalue weighted by Crippen LogP contribution is -2.38. The van der Waals surface area contributed by atoms with Gasteiger partial charge in [-0.2, -0.15) is 23.4 Å². The Kier molecular flexibility index (Phi) is 6.17. The molecular weight excluding hydrogens is 483 g/mol. The standard InChI is InChI=1S/C26H28F3N7O/c1-5-36-15-23(24(32-36)26(27,28)29)21-11-18(13-34-9-7-30-17(34)3)12-22-20(21)6-8-35(25(22)37)14-19-10-16(2)31-33(19)4/h7,9-12,15H,5-6,8,13-14H2,1-4H3. The van der Waals surface area contributed by atoms with Crippen LogP contribution in [0.1, 0.15) is 51.3 Å². The fraction of sp³-hybridized carbons (Fsp3) is 0.385. The van der Waals surface area contributed by atoms with Crippen LogP contribution >= 0.6 is 0 Å². The fourth-order valence-electron chi connectivity index (χ4n) is 4.96. The van der Waals surface area contributed by atoms with Crippen LogP contribution in [0.25, 0.3) is 11.1 Å². The van der Waals surface area contributed by atoms with E-state index in [2.05, 4.69) is 15.2 Å². The molecule has 0 fully saturated rings. The summed E-state index contributed by atoms with van der Waals surface area (Å²) in [6, 6.07) is 5.50. The third-order valence-corrected chi connectivity index (χ3v) is 6.83. The molecule has 3 aromatic heterocycles. The first-order valence-corrected chi connectivity index (χ1v) is 12.1. The Morgan fingerprint density at radius 2 is 1.78 bits per heavy atom. The van der Waals surface area contributed by atoms with Gasteiger partial charge in [-0.1, -0.05) is 0 Å². The van der Waals surface area contributed by atoms with Crippen LogP contribution in [0.15, 0.2) is 36.8 Å². The second-order valence-corrected chi connectivity index (χ2v) is 9.39. The van der Waals surface area contributed by atoms with E-state index in [-0.39, 0.29) is 11.5 Å². The summed E-state index contributed by atoms with van der Waals surface area (Å²) in [4.78, 5) is 19.7. The first-order chi connectivity index (χ1) is 17.5. The van der Waals surface area contributed by atoms with Gasteiger partial charge in [0.05, 0.1) is 17.9 Å². The fourth-order valence-corrected chi connectivity index (χ4v) is 4.96. The number of benzene rings is 1. The zero-order chi connectivity index (χ0) is 26.5. The van der Waals surface area contributed by atoms with E-state index < -0.39 is 11.9 Å². The second kappa shape index (κ2) is 9.20. The maximum atomic E-state index is 14.0. The number of carbonyl (C=O) groups is 1. The van der Waals surface area contributed by atoms with Crippen LogP contribution in [0.3, 0.4) is 0 Å². The molecule has 1 aromatic carbocycles. The molecule has 0 N–H and O–H groups in total. The number of hydrogen-bond donors (Lipinski definition) is 0. The normalized spacial score (nSPS) is 13.9. The molecule has 1 aliphatic rings. The van der Waals surface area contributed by atoms with Gasteiger partial charge in [0.25, 0.3) is 5.91 Å². The Bertz CT molecular complexity index is 1480. The van der Waals surface area contributed by atoms with Crippen LogP contribution in [0.2, 0.25) is 0 Å². The molecule has 37 heavy (non-hydrogen) atoms. The van der Waals surface area contributed by atoms with Gasteiger partial charge in [0.15, 0.2) is 5.69 Å². The van der Waals surface area contributed by atoms with E-state index in [0.717, 1.165) is 22.8 Å². The number of aromatic nitrogens is 6. The minimum Gasteiger partial charge on any atom is -0.332 e. The van der Waals surface area contributed by atoms with Crippen molar-refractivity contribution >= 4 is 5.91 Å². The molecule has 1 aliphatic heterocycles. The van der Waals surface area contributed by atoms with Gasteiger partial charge in [-0.3, -0.25) is 14.2 Å². The molecular formula is C26H28F3N7O. The lowest BCUT2D eigenvalue weighted by Gasteiger charge is -2.30. The van der Waals surface area contributed by atoms with Gasteiger partial charge >= 0.3 is 6.18 Å². The van der Waals surface area contributed by atoms with Crippen LogP contribution in [0.4, 0.5) is 13.2 Å². The number of halogens is 3. The zero-order valence-corrected chi connectivity index (χ0v) is 21.2. The number of hydrogen-bond acceptors (Lipinski definition) is 4. The minimum absolute atomic E-state index is 0.00156. The average molecular weight is 512 g/mol. The number of carbonyl (C=O) groups excluding carboxylic acids is 1. The molecule has 0 aliphatic carbocycles. The molecule has 0 bridgehead atoms. The highest BCUT2D eigenvalue weighted by molar-refractivity contribution is 5.99. The molecule has 0 atom stereocenters. The van der Waals surface area contributed by atoms with Gasteiger partial charge in [0.2, 0.25) is 0 Å². The van der Waals surface area contributed by atoms with E-state index >= 15 is 0 Å². The molecule has 0 spiro atoms. The predicted molar refractivity (Wildman–Crippen MR) is 131 cm³/mol. The van der Waals surface area contributed by atoms with Gasteiger partial charge in [-0.05, 0) is 62.1 Å². The number of fused-ring (bicyclic) bond motifs is 1. The predicted octanol–water partition coefficient (Wildman–Crippen LogP) is 4.38. The summed E-state index contributed by atoms with van der Waals surface area (Å²) < 4.78 is 47.0. The highest BCUT2D eigenvalue weighted by atomic mass is 19.4. The number of amides is 1. The smallest absolute Gasteiger partial charge is 0.332 e. The number of aryl methyl sites for hydroxylation is 4. The summed E-state index contributed by atoms with van der Waals surface area (Å²) in [5, 5.41) is 8.18. The molecule has 0 saturated carbocycles. The maximum Gasteiger partial charge on any atom is 0.435 e. The van der Waals surface area contributed by atoms with Gasteiger partial charge in [0, 0.05) is 56.4 Å². The lowest BCUT2D eigenvalue weighted by atomic mass is 9.88. The molecule has 0 saturated heterocycles. The SMILES string of the molecule is CCn1cc(-c2cc(Cn3ccnc3C)cc3c2CCN(Cc2cc(C)nn2C)C3=O)c(C(F)(F)F)n1. The molecule has 8 nitrogen and oxygen atoms in total. The summed E-state index contributed by atoms with van der Waals surface area (Å²) in [7, 11) is 1.83. The van der Waals surface area contributed by atoms with Crippen LogP contribution in [-0.2, 0) is 39.3 Å². The lowest BCUT2D eigenvalue weighted by molar-refractivity contribution is -0.141. The summed E-state index contributed by atoms with van der Waals surface area (Å²) in [5.41, 5.74) is 2.98. The van der Waals surface area contributed by atoms with Crippen molar-refractivity contribution in [3.63, 3.8) is 0 Å². The van der Waals surface area contributed by atoms with Crippen molar-refractivity contribution in [3.8, 4) is 11.1 Å². The highest BCUT2D eigenvalue weighted by Crippen LogP contribution is 2.40. The van der Waals surface area contributed by atoms with Gasteiger partial charge in [0.1, 0.15) is 5.82 Å². The molecule has 0 unspecified atom stereocenters. The first-order valence-electron chi connectivity index (χ1n) is 12.1. The van der Waals surface area contributed by atoms with Crippen molar-refractivity contribution in [1.82, 2.24) is 34.0 Å². The Morgan fingerprint density at radius 3 is 2.41 bits per heavy atom. The Labute approximate surface area is 212 Å². The largest absolute Gasteiger partial charge is 0.435 e. The Balaban J connectivity index is 1.63. The molecule has 4 heterocycles. The van der Waals surface area contributed by atoms with Crippen molar-refractivity contribution in [2.24, 2.45) is 7.05 Å². The molecule has 0 radical (unpaired) electrons. The molecule has 194 valence electrons. The van der Waals surface area contributed by atoms with Crippen LogP contribution in [-0.4, -0.2) is 46.5 Å². The van der Waals surface area contributed by atoms with Crippen molar-refractivity contribution in [1.29, 1.82) is 0 Å². The van der Waals surface area contributed by atoms with Gasteiger partial charge in [-0.25, -0.2) is 4.98 Å². The topological polar surface area (TPSA) is 73.8 Å². The van der Waals surface area contributed by atoms with Crippen molar-refractivity contribution < 1.29 is 18.0 Å². The molecule has 4 aromatic rings. The van der Waals surface area contributed by atoms with E-state index in [9.17, 15) is 18.0 Å². The summed E-state index contributed by atoms with van der Waals surface area (Å²) in [6.07, 6.45) is 0.724. The Hall–Kier alpha value is -3.89. The van der Waals surface area contributed by atoms with Gasteiger partial charge < -0.3 is 9.47 Å². The third kappa shape index (κ3) is 4.65. The van der Waals surface area contributed by atoms with Crippen LogP contribution in [0, 0.1) is 13.8 Å². The van der Waals surface area contributed by atoms with Gasteiger partial charge in [-0.15, -0.1) is 0 Å². The summed E-state index contributed by atoms with van der Waals surface area (Å²) >= 11 is 0. The Morgan fingerprint density at radius 1 is 1.03 bits per heavy atom. The monoisotopic (exact) mass is 511 g/mol. The van der Waals surface area contributed by atoms with Crippen molar-refractivity contribution in [3.05, 3.63) is 76.4 Å². The zero-order valence-electron chi connectivity index (χ0n) is 21.2. The quantitative estimate of drug-likeness (QED) is 0.385. The number of nitrogens with zero attached hydrogens (tertiary/aromatic N) is 7. The number of imidazole rings is 1. The minimum atomic E-state index is -4.62. The first kappa shape index (κ1) is 24.8. The maximum absolute atomic E-state index is 14.0. The third-order valence-electron chi connectivity index (χ3n) is 6.83. The highest BCUT2D eigenvalue weighted by Gasteiger charge is 2.39. The van der Waals surface area contributed by atoms with Crippen LogP contribution in [0.5, 0.6) is 0 Å². The molecule has 1 amide bonds. The number of rotatable bonds is 6. The van der Waals surface area contributed by atoms with E-state index in [1.54, 1.807) is 34.8 Å². The van der Waals surface area contributed by atoms with Crippen LogP contribution < -0.4 is 0 Å².